The molecule has 22 heavy (non-hydrogen) atoms. The molecule has 0 atom stereocenters. The molecular formula is C17H12BrNO3. The van der Waals surface area contributed by atoms with Gasteiger partial charge in [0, 0.05) is 33.8 Å². The normalized spacial score (nSPS) is 11.4. The minimum atomic E-state index is -0.380. The van der Waals surface area contributed by atoms with Crippen molar-refractivity contribution in [2.75, 3.05) is 0 Å². The van der Waals surface area contributed by atoms with Crippen molar-refractivity contribution in [1.82, 2.24) is 0 Å². The fraction of sp³-hybridized carbons (Fsp3) is 0.0588. The molecule has 0 saturated heterocycles. The number of aromatic hydroxyl groups is 1. The monoisotopic (exact) mass is 357 g/mol. The van der Waals surface area contributed by atoms with Gasteiger partial charge >= 0.3 is 5.63 Å². The first-order chi connectivity index (χ1) is 10.5. The Kier molecular flexibility index (Phi) is 3.81. The molecule has 0 aliphatic carbocycles. The lowest BCUT2D eigenvalue weighted by Crippen LogP contribution is -1.97. The number of aliphatic imine (C=N–C) groups is 1. The lowest BCUT2D eigenvalue weighted by Gasteiger charge is -2.03. The molecule has 1 aromatic heterocycles. The molecule has 110 valence electrons. The third-order valence-corrected chi connectivity index (χ3v) is 4.00. The summed E-state index contributed by atoms with van der Waals surface area (Å²) in [7, 11) is 0. The molecule has 0 saturated carbocycles. The maximum atomic E-state index is 11.4. The van der Waals surface area contributed by atoms with Crippen molar-refractivity contribution in [3.05, 3.63) is 68.5 Å². The zero-order valence-electron chi connectivity index (χ0n) is 11.7. The molecule has 3 rings (SSSR count). The lowest BCUT2D eigenvalue weighted by atomic mass is 10.1. The van der Waals surface area contributed by atoms with E-state index in [0.717, 1.165) is 15.4 Å². The van der Waals surface area contributed by atoms with E-state index in [1.165, 1.54) is 6.07 Å². The van der Waals surface area contributed by atoms with Crippen LogP contribution in [0, 0.1) is 6.92 Å². The van der Waals surface area contributed by atoms with E-state index in [9.17, 15) is 9.90 Å². The number of hydrogen-bond donors (Lipinski definition) is 1. The van der Waals surface area contributed by atoms with Gasteiger partial charge in [-0.2, -0.15) is 0 Å². The molecule has 0 radical (unpaired) electrons. The van der Waals surface area contributed by atoms with Gasteiger partial charge in [0.15, 0.2) is 0 Å². The van der Waals surface area contributed by atoms with Crippen LogP contribution in [-0.4, -0.2) is 11.3 Å². The summed E-state index contributed by atoms with van der Waals surface area (Å²) in [4.78, 5) is 15.8. The average molecular weight is 358 g/mol. The van der Waals surface area contributed by atoms with Crippen molar-refractivity contribution < 1.29 is 9.52 Å². The van der Waals surface area contributed by atoms with Crippen molar-refractivity contribution in [1.29, 1.82) is 0 Å². The first-order valence-corrected chi connectivity index (χ1v) is 7.40. The summed E-state index contributed by atoms with van der Waals surface area (Å²) in [5.74, 6) is 0.140. The van der Waals surface area contributed by atoms with E-state index in [4.69, 9.17) is 4.42 Å². The highest BCUT2D eigenvalue weighted by Crippen LogP contribution is 2.26. The highest BCUT2D eigenvalue weighted by atomic mass is 79.9. The van der Waals surface area contributed by atoms with Gasteiger partial charge in [-0.25, -0.2) is 4.79 Å². The number of fused-ring (bicyclic) bond motifs is 1. The molecule has 0 bridgehead atoms. The van der Waals surface area contributed by atoms with Crippen LogP contribution in [0.3, 0.4) is 0 Å². The van der Waals surface area contributed by atoms with Crippen molar-refractivity contribution in [2.45, 2.75) is 6.92 Å². The van der Waals surface area contributed by atoms with Gasteiger partial charge in [0.05, 0.1) is 5.69 Å². The summed E-state index contributed by atoms with van der Waals surface area (Å²) in [6, 6.07) is 12.0. The van der Waals surface area contributed by atoms with Gasteiger partial charge < -0.3 is 9.52 Å². The molecule has 1 heterocycles. The largest absolute Gasteiger partial charge is 0.507 e. The van der Waals surface area contributed by atoms with E-state index >= 15 is 0 Å². The van der Waals surface area contributed by atoms with Crippen LogP contribution in [0.2, 0.25) is 0 Å². The van der Waals surface area contributed by atoms with Crippen molar-refractivity contribution in [3.63, 3.8) is 0 Å². The summed E-state index contributed by atoms with van der Waals surface area (Å²) in [6.45, 7) is 1.86. The van der Waals surface area contributed by atoms with Gasteiger partial charge in [-0.3, -0.25) is 4.99 Å². The SMILES string of the molecule is Cc1cc(=O)oc2cc(N=Cc3c(O)cccc3Br)ccc12. The predicted molar refractivity (Wildman–Crippen MR) is 90.3 cm³/mol. The zero-order valence-corrected chi connectivity index (χ0v) is 13.3. The maximum Gasteiger partial charge on any atom is 0.336 e. The Morgan fingerprint density at radius 1 is 1.23 bits per heavy atom. The van der Waals surface area contributed by atoms with Crippen LogP contribution in [0.4, 0.5) is 5.69 Å². The van der Waals surface area contributed by atoms with E-state index in [1.807, 2.05) is 25.1 Å². The number of rotatable bonds is 2. The second kappa shape index (κ2) is 5.77. The Bertz CT molecular complexity index is 924. The standard InChI is InChI=1S/C17H12BrNO3/c1-10-7-17(21)22-16-8-11(5-6-12(10)16)19-9-13-14(18)3-2-4-15(13)20/h2-9,20H,1H3. The molecule has 0 aliphatic rings. The second-order valence-corrected chi connectivity index (χ2v) is 5.71. The molecule has 0 fully saturated rings. The van der Waals surface area contributed by atoms with Crippen LogP contribution < -0.4 is 5.63 Å². The Hall–Kier alpha value is -2.40. The summed E-state index contributed by atoms with van der Waals surface area (Å²) in [5, 5.41) is 10.7. The molecule has 1 N–H and O–H groups in total. The summed E-state index contributed by atoms with van der Waals surface area (Å²) >= 11 is 3.37. The molecule has 3 aromatic rings. The van der Waals surface area contributed by atoms with E-state index in [2.05, 4.69) is 20.9 Å². The van der Waals surface area contributed by atoms with Gasteiger partial charge in [-0.1, -0.05) is 6.07 Å². The second-order valence-electron chi connectivity index (χ2n) is 4.86. The third kappa shape index (κ3) is 2.80. The quantitative estimate of drug-likeness (QED) is 0.548. The topological polar surface area (TPSA) is 62.8 Å². The Morgan fingerprint density at radius 2 is 2.05 bits per heavy atom. The number of nitrogens with zero attached hydrogens (tertiary/aromatic N) is 1. The Balaban J connectivity index is 2.04. The summed E-state index contributed by atoms with van der Waals surface area (Å²) in [5.41, 5.74) is 2.21. The zero-order chi connectivity index (χ0) is 15.7. The van der Waals surface area contributed by atoms with Crippen molar-refractivity contribution in [3.8, 4) is 5.75 Å². The number of benzene rings is 2. The number of aryl methyl sites for hydroxylation is 1. The van der Waals surface area contributed by atoms with Crippen LogP contribution in [0.5, 0.6) is 5.75 Å². The fourth-order valence-electron chi connectivity index (χ4n) is 2.19. The van der Waals surface area contributed by atoms with Gasteiger partial charge in [-0.05, 0) is 52.7 Å². The average Bonchev–Trinajstić information content (AvgIpc) is 2.46. The van der Waals surface area contributed by atoms with Crippen molar-refractivity contribution in [2.24, 2.45) is 4.99 Å². The van der Waals surface area contributed by atoms with Gasteiger partial charge in [-0.15, -0.1) is 0 Å². The van der Waals surface area contributed by atoms with Crippen LogP contribution in [0.15, 0.2) is 61.1 Å². The maximum absolute atomic E-state index is 11.4. The molecular weight excluding hydrogens is 346 g/mol. The molecule has 0 amide bonds. The lowest BCUT2D eigenvalue weighted by molar-refractivity contribution is 0.474. The van der Waals surface area contributed by atoms with E-state index in [-0.39, 0.29) is 11.4 Å². The summed E-state index contributed by atoms with van der Waals surface area (Å²) < 4.78 is 5.94. The highest BCUT2D eigenvalue weighted by molar-refractivity contribution is 9.10. The number of halogens is 1. The first-order valence-electron chi connectivity index (χ1n) is 6.60. The number of phenols is 1. The van der Waals surface area contributed by atoms with Gasteiger partial charge in [0.2, 0.25) is 0 Å². The van der Waals surface area contributed by atoms with Crippen LogP contribution >= 0.6 is 15.9 Å². The number of phenolic OH excluding ortho intramolecular Hbond substituents is 1. The molecule has 0 unspecified atom stereocenters. The predicted octanol–water partition coefficient (Wildman–Crippen LogP) is 4.32. The molecule has 2 aromatic carbocycles. The van der Waals surface area contributed by atoms with E-state index in [1.54, 1.807) is 24.4 Å². The molecule has 5 heteroatoms. The number of hydrogen-bond acceptors (Lipinski definition) is 4. The van der Waals surface area contributed by atoms with Crippen molar-refractivity contribution >= 4 is 38.8 Å². The molecule has 0 aliphatic heterocycles. The minimum Gasteiger partial charge on any atom is -0.507 e. The van der Waals surface area contributed by atoms with E-state index < -0.39 is 0 Å². The van der Waals surface area contributed by atoms with Gasteiger partial charge in [0.25, 0.3) is 0 Å². The molecule has 4 nitrogen and oxygen atoms in total. The van der Waals surface area contributed by atoms with Gasteiger partial charge in [0.1, 0.15) is 11.3 Å². The summed E-state index contributed by atoms with van der Waals surface area (Å²) in [6.07, 6.45) is 1.56. The smallest absolute Gasteiger partial charge is 0.336 e. The van der Waals surface area contributed by atoms with Crippen LogP contribution in [-0.2, 0) is 0 Å². The third-order valence-electron chi connectivity index (χ3n) is 3.31. The minimum absolute atomic E-state index is 0.140. The van der Waals surface area contributed by atoms with Crippen LogP contribution in [0.25, 0.3) is 11.0 Å². The Morgan fingerprint density at radius 3 is 2.82 bits per heavy atom. The van der Waals surface area contributed by atoms with Crippen LogP contribution in [0.1, 0.15) is 11.1 Å². The molecule has 0 spiro atoms. The van der Waals surface area contributed by atoms with E-state index in [0.29, 0.717) is 16.8 Å². The first kappa shape index (κ1) is 14.5. The highest BCUT2D eigenvalue weighted by Gasteiger charge is 2.04. The fourth-order valence-corrected chi connectivity index (χ4v) is 2.64. The Labute approximate surface area is 134 Å².